The summed E-state index contributed by atoms with van der Waals surface area (Å²) in [6.45, 7) is 1.78. The summed E-state index contributed by atoms with van der Waals surface area (Å²) in [6, 6.07) is 10.0. The Balaban J connectivity index is 1.47. The van der Waals surface area contributed by atoms with Crippen LogP contribution in [0.3, 0.4) is 0 Å². The van der Waals surface area contributed by atoms with E-state index in [2.05, 4.69) is 5.10 Å². The third-order valence-corrected chi connectivity index (χ3v) is 6.04. The van der Waals surface area contributed by atoms with Crippen molar-refractivity contribution < 1.29 is 13.6 Å². The second-order valence-electron chi connectivity index (χ2n) is 7.29. The Morgan fingerprint density at radius 1 is 1.00 bits per heavy atom. The fourth-order valence-electron chi connectivity index (χ4n) is 3.58. The van der Waals surface area contributed by atoms with Crippen molar-refractivity contribution in [1.82, 2.24) is 14.7 Å². The Labute approximate surface area is 192 Å². The van der Waals surface area contributed by atoms with E-state index in [1.54, 1.807) is 11.0 Å². The number of benzene rings is 2. The minimum atomic E-state index is -0.922. The van der Waals surface area contributed by atoms with Crippen LogP contribution >= 0.6 is 23.2 Å². The molecule has 166 valence electrons. The number of aromatic nitrogens is 2. The van der Waals surface area contributed by atoms with Crippen LogP contribution in [0.2, 0.25) is 10.0 Å². The first-order valence-corrected chi connectivity index (χ1v) is 10.6. The predicted molar refractivity (Wildman–Crippen MR) is 119 cm³/mol. The summed E-state index contributed by atoms with van der Waals surface area (Å²) in [7, 11) is 0. The van der Waals surface area contributed by atoms with E-state index in [1.807, 2.05) is 23.1 Å². The Hall–Kier alpha value is -2.97. The lowest BCUT2D eigenvalue weighted by molar-refractivity contribution is -0.130. The molecule has 1 amide bonds. The summed E-state index contributed by atoms with van der Waals surface area (Å²) >= 11 is 12.4. The van der Waals surface area contributed by atoms with Gasteiger partial charge in [-0.2, -0.15) is 9.78 Å². The smallest absolute Gasteiger partial charge is 0.292 e. The van der Waals surface area contributed by atoms with Crippen LogP contribution in [0.25, 0.3) is 5.69 Å². The minimum Gasteiger partial charge on any atom is -0.365 e. The maximum absolute atomic E-state index is 14.1. The first-order valence-electron chi connectivity index (χ1n) is 9.84. The number of carbonyl (C=O) groups excluding carboxylic acids is 1. The molecule has 1 aliphatic rings. The number of carbonyl (C=O) groups is 1. The van der Waals surface area contributed by atoms with Crippen molar-refractivity contribution in [1.29, 1.82) is 0 Å². The Kier molecular flexibility index (Phi) is 6.43. The van der Waals surface area contributed by atoms with Crippen LogP contribution < -0.4 is 10.5 Å². The molecule has 3 aromatic rings. The molecular formula is C22H18Cl2F2N4O2. The van der Waals surface area contributed by atoms with Crippen LogP contribution in [0.15, 0.2) is 53.5 Å². The van der Waals surface area contributed by atoms with E-state index in [-0.39, 0.29) is 23.0 Å². The zero-order valence-electron chi connectivity index (χ0n) is 16.8. The molecule has 32 heavy (non-hydrogen) atoms. The third-order valence-electron chi connectivity index (χ3n) is 5.31. The second-order valence-corrected chi connectivity index (χ2v) is 8.08. The van der Waals surface area contributed by atoms with Crippen LogP contribution in [-0.2, 0) is 11.2 Å². The van der Waals surface area contributed by atoms with Gasteiger partial charge in [0.15, 0.2) is 5.82 Å². The van der Waals surface area contributed by atoms with Crippen molar-refractivity contribution >= 4 is 34.8 Å². The number of amides is 1. The number of nitrogens with zero attached hydrogens (tertiary/aromatic N) is 4. The molecule has 0 aliphatic carbocycles. The molecule has 1 saturated heterocycles. The minimum absolute atomic E-state index is 0.0378. The van der Waals surface area contributed by atoms with Gasteiger partial charge in [0.2, 0.25) is 5.91 Å². The maximum Gasteiger partial charge on any atom is 0.292 e. The van der Waals surface area contributed by atoms with Gasteiger partial charge in [-0.05, 0) is 23.8 Å². The zero-order valence-corrected chi connectivity index (χ0v) is 18.3. The molecule has 0 N–H and O–H groups in total. The Morgan fingerprint density at radius 3 is 2.41 bits per heavy atom. The van der Waals surface area contributed by atoms with Gasteiger partial charge in [0.05, 0.1) is 18.3 Å². The van der Waals surface area contributed by atoms with Crippen molar-refractivity contribution in [3.63, 3.8) is 0 Å². The monoisotopic (exact) mass is 478 g/mol. The number of halogens is 4. The van der Waals surface area contributed by atoms with Crippen LogP contribution in [0.5, 0.6) is 0 Å². The van der Waals surface area contributed by atoms with Crippen LogP contribution in [-0.4, -0.2) is 46.8 Å². The molecule has 10 heteroatoms. The van der Waals surface area contributed by atoms with E-state index in [0.717, 1.165) is 22.4 Å². The Morgan fingerprint density at radius 2 is 1.72 bits per heavy atom. The highest BCUT2D eigenvalue weighted by Crippen LogP contribution is 2.24. The highest BCUT2D eigenvalue weighted by molar-refractivity contribution is 6.33. The van der Waals surface area contributed by atoms with Gasteiger partial charge >= 0.3 is 0 Å². The predicted octanol–water partition coefficient (Wildman–Crippen LogP) is 3.71. The number of rotatable bonds is 4. The van der Waals surface area contributed by atoms with Gasteiger partial charge in [-0.3, -0.25) is 9.59 Å². The van der Waals surface area contributed by atoms with Crippen molar-refractivity contribution in [2.45, 2.75) is 6.42 Å². The SMILES string of the molecule is O=C(Cc1ccccc1Cl)N1CCN(c2cnn(-c3ccc(F)cc3F)c(=O)c2Cl)CC1. The van der Waals surface area contributed by atoms with Gasteiger partial charge in [-0.15, -0.1) is 0 Å². The number of hydrogen-bond acceptors (Lipinski definition) is 4. The summed E-state index contributed by atoms with van der Waals surface area (Å²) < 4.78 is 28.0. The van der Waals surface area contributed by atoms with E-state index in [4.69, 9.17) is 23.2 Å². The standard InChI is InChI=1S/C22H18Cl2F2N4O2/c23-16-4-2-1-3-14(16)11-20(31)29-9-7-28(8-10-29)19-13-27-30(22(32)21(19)24)18-6-5-15(25)12-17(18)26/h1-6,12-13H,7-11H2. The van der Waals surface area contributed by atoms with E-state index in [1.165, 1.54) is 6.20 Å². The van der Waals surface area contributed by atoms with Crippen LogP contribution in [0, 0.1) is 11.6 Å². The molecule has 0 saturated carbocycles. The molecule has 2 aromatic carbocycles. The largest absolute Gasteiger partial charge is 0.365 e. The number of anilines is 1. The maximum atomic E-state index is 14.1. The molecule has 0 bridgehead atoms. The molecule has 0 spiro atoms. The molecule has 0 unspecified atom stereocenters. The average Bonchev–Trinajstić information content (AvgIpc) is 2.78. The summed E-state index contributed by atoms with van der Waals surface area (Å²) in [5.41, 5.74) is 0.255. The van der Waals surface area contributed by atoms with Crippen LogP contribution in [0.4, 0.5) is 14.5 Å². The molecule has 1 aromatic heterocycles. The summed E-state index contributed by atoms with van der Waals surface area (Å²) in [6.07, 6.45) is 1.58. The molecule has 6 nitrogen and oxygen atoms in total. The van der Waals surface area contributed by atoms with Crippen LogP contribution in [0.1, 0.15) is 5.56 Å². The summed E-state index contributed by atoms with van der Waals surface area (Å²) in [5, 5.41) is 4.44. The summed E-state index contributed by atoms with van der Waals surface area (Å²) in [5.74, 6) is -1.72. The zero-order chi connectivity index (χ0) is 22.8. The second kappa shape index (κ2) is 9.26. The highest BCUT2D eigenvalue weighted by atomic mass is 35.5. The average molecular weight is 479 g/mol. The third kappa shape index (κ3) is 4.47. The topological polar surface area (TPSA) is 58.4 Å². The Bertz CT molecular complexity index is 1230. The van der Waals surface area contributed by atoms with E-state index < -0.39 is 17.2 Å². The molecule has 1 aliphatic heterocycles. The lowest BCUT2D eigenvalue weighted by atomic mass is 10.1. The van der Waals surface area contributed by atoms with Gasteiger partial charge in [-0.25, -0.2) is 8.78 Å². The quantitative estimate of drug-likeness (QED) is 0.573. The van der Waals surface area contributed by atoms with Gasteiger partial charge in [-0.1, -0.05) is 41.4 Å². The lowest BCUT2D eigenvalue weighted by Gasteiger charge is -2.36. The molecule has 1 fully saturated rings. The van der Waals surface area contributed by atoms with E-state index in [0.29, 0.717) is 43.0 Å². The lowest BCUT2D eigenvalue weighted by Crippen LogP contribution is -2.49. The molecule has 0 atom stereocenters. The summed E-state index contributed by atoms with van der Waals surface area (Å²) in [4.78, 5) is 28.9. The van der Waals surface area contributed by atoms with Gasteiger partial charge < -0.3 is 9.80 Å². The van der Waals surface area contributed by atoms with Gasteiger partial charge in [0, 0.05) is 37.3 Å². The van der Waals surface area contributed by atoms with Crippen molar-refractivity contribution in [2.24, 2.45) is 0 Å². The van der Waals surface area contributed by atoms with Crippen molar-refractivity contribution in [3.05, 3.63) is 86.3 Å². The van der Waals surface area contributed by atoms with Gasteiger partial charge in [0.1, 0.15) is 16.5 Å². The fraction of sp³-hybridized carbons (Fsp3) is 0.227. The molecular weight excluding hydrogens is 461 g/mol. The first-order chi connectivity index (χ1) is 15.3. The van der Waals surface area contributed by atoms with Crippen molar-refractivity contribution in [3.8, 4) is 5.69 Å². The first kappa shape index (κ1) is 22.2. The molecule has 2 heterocycles. The fourth-order valence-corrected chi connectivity index (χ4v) is 4.03. The van der Waals surface area contributed by atoms with E-state index >= 15 is 0 Å². The molecule has 4 rings (SSSR count). The number of hydrogen-bond donors (Lipinski definition) is 0. The number of piperazine rings is 1. The normalized spacial score (nSPS) is 14.0. The highest BCUT2D eigenvalue weighted by Gasteiger charge is 2.25. The van der Waals surface area contributed by atoms with Crippen molar-refractivity contribution in [2.75, 3.05) is 31.1 Å². The molecule has 0 radical (unpaired) electrons. The van der Waals surface area contributed by atoms with Gasteiger partial charge in [0.25, 0.3) is 5.56 Å². The van der Waals surface area contributed by atoms with E-state index in [9.17, 15) is 18.4 Å².